The fraction of sp³-hybridized carbons (Fsp3) is 0.188. The molecule has 0 saturated heterocycles. The molecule has 1 aliphatic rings. The van der Waals surface area contributed by atoms with Crippen LogP contribution < -0.4 is 4.90 Å². The standard InChI is InChI=1S/C32H29N5O2/c1-36(21-29(38)39)31-26-18-11-19-27(26)34-30(35-31)28-20-37(22-33-28)32(23-12-5-2-6-13-23,24-14-7-3-8-15-24)25-16-9-4-10-17-25/h2-10,12-17,20,22H,11,18-19,21H2,1H3,(H,38,39). The van der Waals surface area contributed by atoms with E-state index in [9.17, 15) is 9.90 Å². The average molecular weight is 516 g/mol. The molecule has 2 aromatic heterocycles. The molecule has 3 aromatic carbocycles. The molecule has 1 aliphatic carbocycles. The van der Waals surface area contributed by atoms with Crippen molar-refractivity contribution < 1.29 is 9.90 Å². The predicted molar refractivity (Wildman–Crippen MR) is 151 cm³/mol. The van der Waals surface area contributed by atoms with Gasteiger partial charge in [0.25, 0.3) is 0 Å². The fourth-order valence-electron chi connectivity index (χ4n) is 5.73. The van der Waals surface area contributed by atoms with Gasteiger partial charge in [0.2, 0.25) is 0 Å². The Balaban J connectivity index is 1.55. The van der Waals surface area contributed by atoms with Crippen LogP contribution >= 0.6 is 0 Å². The van der Waals surface area contributed by atoms with Crippen LogP contribution in [0.2, 0.25) is 0 Å². The number of carboxylic acids is 1. The minimum Gasteiger partial charge on any atom is -0.480 e. The van der Waals surface area contributed by atoms with Crippen LogP contribution in [0.15, 0.2) is 104 Å². The van der Waals surface area contributed by atoms with Gasteiger partial charge in [0.15, 0.2) is 5.82 Å². The number of aryl methyl sites for hydroxylation is 1. The van der Waals surface area contributed by atoms with Crippen LogP contribution in [0.1, 0.15) is 34.4 Å². The minimum absolute atomic E-state index is 0.129. The number of likely N-dealkylation sites (N-methyl/N-ethyl adjacent to an activating group) is 1. The second-order valence-corrected chi connectivity index (χ2v) is 9.87. The number of fused-ring (bicyclic) bond motifs is 1. The Morgan fingerprint density at radius 3 is 1.97 bits per heavy atom. The Bertz CT molecular complexity index is 1500. The molecule has 0 fully saturated rings. The van der Waals surface area contributed by atoms with Crippen molar-refractivity contribution in [1.82, 2.24) is 19.5 Å². The molecular formula is C32H29N5O2. The quantitative estimate of drug-likeness (QED) is 0.286. The van der Waals surface area contributed by atoms with Crippen LogP contribution in [0.5, 0.6) is 0 Å². The lowest BCUT2D eigenvalue weighted by Gasteiger charge is -2.37. The van der Waals surface area contributed by atoms with Crippen LogP contribution in [0.3, 0.4) is 0 Å². The second kappa shape index (κ2) is 10.2. The van der Waals surface area contributed by atoms with E-state index in [0.29, 0.717) is 17.3 Å². The maximum Gasteiger partial charge on any atom is 0.323 e. The Kier molecular flexibility index (Phi) is 6.40. The maximum atomic E-state index is 11.5. The average Bonchev–Trinajstić information content (AvgIpc) is 3.65. The van der Waals surface area contributed by atoms with Crippen molar-refractivity contribution in [2.24, 2.45) is 0 Å². The first-order valence-electron chi connectivity index (χ1n) is 13.1. The molecule has 7 heteroatoms. The van der Waals surface area contributed by atoms with Crippen LogP contribution in [0.25, 0.3) is 11.5 Å². The van der Waals surface area contributed by atoms with E-state index >= 15 is 0 Å². The number of hydrogen-bond donors (Lipinski definition) is 1. The van der Waals surface area contributed by atoms with E-state index in [1.165, 1.54) is 0 Å². The molecule has 2 heterocycles. The van der Waals surface area contributed by atoms with Crippen molar-refractivity contribution in [3.63, 3.8) is 0 Å². The number of carboxylic acid groups (broad SMARTS) is 1. The molecule has 39 heavy (non-hydrogen) atoms. The molecule has 0 aliphatic heterocycles. The lowest BCUT2D eigenvalue weighted by molar-refractivity contribution is -0.135. The number of benzene rings is 3. The third-order valence-electron chi connectivity index (χ3n) is 7.42. The minimum atomic E-state index is -0.896. The number of hydrogen-bond acceptors (Lipinski definition) is 5. The fourth-order valence-corrected chi connectivity index (χ4v) is 5.73. The molecule has 0 spiro atoms. The molecule has 0 amide bonds. The van der Waals surface area contributed by atoms with Gasteiger partial charge in [-0.25, -0.2) is 15.0 Å². The van der Waals surface area contributed by atoms with Crippen molar-refractivity contribution in [2.75, 3.05) is 18.5 Å². The third kappa shape index (κ3) is 4.36. The molecule has 7 nitrogen and oxygen atoms in total. The van der Waals surface area contributed by atoms with E-state index in [1.54, 1.807) is 11.9 Å². The van der Waals surface area contributed by atoms with Gasteiger partial charge in [-0.2, -0.15) is 0 Å². The van der Waals surface area contributed by atoms with Gasteiger partial charge in [-0.15, -0.1) is 0 Å². The molecule has 0 saturated carbocycles. The first-order valence-corrected chi connectivity index (χ1v) is 13.1. The molecule has 194 valence electrons. The largest absolute Gasteiger partial charge is 0.480 e. The Hall–Kier alpha value is -4.78. The van der Waals surface area contributed by atoms with Crippen LogP contribution in [0, 0.1) is 0 Å². The van der Waals surface area contributed by atoms with E-state index in [0.717, 1.165) is 47.2 Å². The Labute approximate surface area is 227 Å². The zero-order chi connectivity index (χ0) is 26.8. The van der Waals surface area contributed by atoms with Crippen molar-refractivity contribution in [1.29, 1.82) is 0 Å². The SMILES string of the molecule is CN(CC(=O)O)c1nc(-c2cn(C(c3ccccc3)(c3ccccc3)c3ccccc3)cn2)nc2c1CCC2. The van der Waals surface area contributed by atoms with Crippen LogP contribution in [0.4, 0.5) is 5.82 Å². The number of carbonyl (C=O) groups is 1. The molecular weight excluding hydrogens is 486 g/mol. The number of aromatic nitrogens is 4. The summed E-state index contributed by atoms with van der Waals surface area (Å²) in [4.78, 5) is 27.7. The molecule has 0 atom stereocenters. The van der Waals surface area contributed by atoms with E-state index in [-0.39, 0.29) is 6.54 Å². The van der Waals surface area contributed by atoms with Crippen molar-refractivity contribution in [3.05, 3.63) is 131 Å². The smallest absolute Gasteiger partial charge is 0.323 e. The summed E-state index contributed by atoms with van der Waals surface area (Å²) >= 11 is 0. The van der Waals surface area contributed by atoms with Crippen molar-refractivity contribution in [2.45, 2.75) is 24.8 Å². The van der Waals surface area contributed by atoms with E-state index in [4.69, 9.17) is 15.0 Å². The molecule has 0 radical (unpaired) electrons. The zero-order valence-corrected chi connectivity index (χ0v) is 21.7. The monoisotopic (exact) mass is 515 g/mol. The highest BCUT2D eigenvalue weighted by Gasteiger charge is 2.38. The van der Waals surface area contributed by atoms with E-state index < -0.39 is 11.5 Å². The van der Waals surface area contributed by atoms with Gasteiger partial charge in [-0.1, -0.05) is 91.0 Å². The van der Waals surface area contributed by atoms with Gasteiger partial charge in [-0.3, -0.25) is 4.79 Å². The van der Waals surface area contributed by atoms with Crippen molar-refractivity contribution >= 4 is 11.8 Å². The number of nitrogens with zero attached hydrogens (tertiary/aromatic N) is 5. The number of anilines is 1. The topological polar surface area (TPSA) is 84.1 Å². The van der Waals surface area contributed by atoms with Crippen LogP contribution in [-0.4, -0.2) is 44.2 Å². The van der Waals surface area contributed by atoms with E-state index in [2.05, 4.69) is 77.4 Å². The predicted octanol–water partition coefficient (Wildman–Crippen LogP) is 5.19. The van der Waals surface area contributed by atoms with Gasteiger partial charge in [-0.05, 0) is 36.0 Å². The summed E-state index contributed by atoms with van der Waals surface area (Å²) in [6.07, 6.45) is 6.53. The summed E-state index contributed by atoms with van der Waals surface area (Å²) in [5.41, 5.74) is 5.27. The number of rotatable bonds is 8. The first kappa shape index (κ1) is 24.6. The normalized spacial score (nSPS) is 12.7. The Morgan fingerprint density at radius 2 is 1.44 bits per heavy atom. The molecule has 0 bridgehead atoms. The van der Waals surface area contributed by atoms with Gasteiger partial charge in [0.05, 0.1) is 6.33 Å². The van der Waals surface area contributed by atoms with Gasteiger partial charge >= 0.3 is 5.97 Å². The highest BCUT2D eigenvalue weighted by atomic mass is 16.4. The summed E-state index contributed by atoms with van der Waals surface area (Å²) in [6, 6.07) is 31.3. The van der Waals surface area contributed by atoms with Crippen LogP contribution in [-0.2, 0) is 23.2 Å². The molecule has 0 unspecified atom stereocenters. The lowest BCUT2D eigenvalue weighted by Crippen LogP contribution is -2.36. The summed E-state index contributed by atoms with van der Waals surface area (Å²) in [5.74, 6) is 0.279. The summed E-state index contributed by atoms with van der Waals surface area (Å²) in [6.45, 7) is -0.129. The van der Waals surface area contributed by atoms with E-state index in [1.807, 2.05) is 30.7 Å². The van der Waals surface area contributed by atoms with Gasteiger partial charge in [0.1, 0.15) is 23.6 Å². The lowest BCUT2D eigenvalue weighted by atomic mass is 9.77. The first-order chi connectivity index (χ1) is 19.1. The summed E-state index contributed by atoms with van der Waals surface area (Å²) in [5, 5.41) is 9.40. The Morgan fingerprint density at radius 1 is 0.872 bits per heavy atom. The maximum absolute atomic E-state index is 11.5. The second-order valence-electron chi connectivity index (χ2n) is 9.87. The molecule has 6 rings (SSSR count). The van der Waals surface area contributed by atoms with Gasteiger partial charge in [0, 0.05) is 24.5 Å². The zero-order valence-electron chi connectivity index (χ0n) is 21.7. The third-order valence-corrected chi connectivity index (χ3v) is 7.42. The molecule has 1 N–H and O–H groups in total. The summed E-state index contributed by atoms with van der Waals surface area (Å²) < 4.78 is 2.14. The van der Waals surface area contributed by atoms with Gasteiger partial charge < -0.3 is 14.6 Å². The molecule has 5 aromatic rings. The summed E-state index contributed by atoms with van der Waals surface area (Å²) in [7, 11) is 1.77. The highest BCUT2D eigenvalue weighted by Crippen LogP contribution is 2.41. The highest BCUT2D eigenvalue weighted by molar-refractivity contribution is 5.74. The van der Waals surface area contributed by atoms with Crippen molar-refractivity contribution in [3.8, 4) is 11.5 Å². The number of imidazole rings is 1. The number of aliphatic carboxylic acids is 1.